The monoisotopic (exact) mass is 226 g/mol. The molecular formula is C10H11BrO. The molecule has 1 nitrogen and oxygen atoms in total. The van der Waals surface area contributed by atoms with Crippen LogP contribution in [0.15, 0.2) is 28.7 Å². The maximum Gasteiger partial charge on any atom is 0.120 e. The molecule has 1 fully saturated rings. The molecule has 0 N–H and O–H groups in total. The van der Waals surface area contributed by atoms with Crippen LogP contribution in [0.5, 0.6) is 5.75 Å². The summed E-state index contributed by atoms with van der Waals surface area (Å²) in [6.07, 6.45) is 2.68. The minimum Gasteiger partial charge on any atom is -0.493 e. The van der Waals surface area contributed by atoms with Crippen LogP contribution in [0.3, 0.4) is 0 Å². The molecule has 0 unspecified atom stereocenters. The number of hydrogen-bond donors (Lipinski definition) is 0. The van der Waals surface area contributed by atoms with Crippen molar-refractivity contribution >= 4 is 15.9 Å². The van der Waals surface area contributed by atoms with Crippen LogP contribution < -0.4 is 4.74 Å². The van der Waals surface area contributed by atoms with Crippen molar-refractivity contribution in [2.45, 2.75) is 12.8 Å². The van der Waals surface area contributed by atoms with Crippen LogP contribution in [-0.2, 0) is 0 Å². The Kier molecular flexibility index (Phi) is 2.35. The fraction of sp³-hybridized carbons (Fsp3) is 0.400. The van der Waals surface area contributed by atoms with Gasteiger partial charge in [-0.3, -0.25) is 0 Å². The minimum atomic E-state index is 0.823. The zero-order valence-electron chi connectivity index (χ0n) is 6.79. The molecule has 1 aliphatic rings. The Hall–Kier alpha value is -0.500. The highest BCUT2D eigenvalue weighted by molar-refractivity contribution is 9.10. The van der Waals surface area contributed by atoms with Crippen LogP contribution in [0.1, 0.15) is 12.8 Å². The average molecular weight is 227 g/mol. The Morgan fingerprint density at radius 1 is 1.42 bits per heavy atom. The summed E-state index contributed by atoms with van der Waals surface area (Å²) in [6.45, 7) is 0.885. The van der Waals surface area contributed by atoms with E-state index in [-0.39, 0.29) is 0 Å². The van der Waals surface area contributed by atoms with Crippen molar-refractivity contribution < 1.29 is 4.74 Å². The fourth-order valence-corrected chi connectivity index (χ4v) is 1.43. The molecule has 0 saturated heterocycles. The van der Waals surface area contributed by atoms with Gasteiger partial charge in [0.2, 0.25) is 0 Å². The standard InChI is InChI=1S/C10H11BrO/c11-9-2-1-3-10(6-9)12-7-8-4-5-8/h1-3,6,8H,4-5,7H2. The molecule has 0 radical (unpaired) electrons. The van der Waals surface area contributed by atoms with E-state index in [0.717, 1.165) is 22.7 Å². The molecular weight excluding hydrogens is 216 g/mol. The second-order valence-electron chi connectivity index (χ2n) is 3.21. The number of hydrogen-bond acceptors (Lipinski definition) is 1. The summed E-state index contributed by atoms with van der Waals surface area (Å²) in [5.74, 6) is 1.79. The van der Waals surface area contributed by atoms with Crippen molar-refractivity contribution in [3.05, 3.63) is 28.7 Å². The molecule has 12 heavy (non-hydrogen) atoms. The van der Waals surface area contributed by atoms with Gasteiger partial charge >= 0.3 is 0 Å². The van der Waals surface area contributed by atoms with Gasteiger partial charge in [-0.05, 0) is 37.0 Å². The number of benzene rings is 1. The highest BCUT2D eigenvalue weighted by atomic mass is 79.9. The molecule has 1 saturated carbocycles. The Morgan fingerprint density at radius 2 is 2.25 bits per heavy atom. The topological polar surface area (TPSA) is 9.23 Å². The average Bonchev–Trinajstić information content (AvgIpc) is 2.84. The quantitative estimate of drug-likeness (QED) is 0.770. The van der Waals surface area contributed by atoms with Gasteiger partial charge < -0.3 is 4.74 Å². The lowest BCUT2D eigenvalue weighted by atomic mass is 10.3. The second kappa shape index (κ2) is 3.48. The molecule has 1 aliphatic carbocycles. The first-order valence-corrected chi connectivity index (χ1v) is 5.02. The van der Waals surface area contributed by atoms with Gasteiger partial charge in [0, 0.05) is 4.47 Å². The largest absolute Gasteiger partial charge is 0.493 e. The van der Waals surface area contributed by atoms with E-state index in [1.165, 1.54) is 12.8 Å². The predicted octanol–water partition coefficient (Wildman–Crippen LogP) is 3.24. The van der Waals surface area contributed by atoms with Crippen LogP contribution >= 0.6 is 15.9 Å². The van der Waals surface area contributed by atoms with Crippen molar-refractivity contribution in [2.24, 2.45) is 5.92 Å². The van der Waals surface area contributed by atoms with Crippen molar-refractivity contribution in [3.63, 3.8) is 0 Å². The molecule has 1 aromatic carbocycles. The second-order valence-corrected chi connectivity index (χ2v) is 4.13. The Balaban J connectivity index is 1.92. The first-order valence-electron chi connectivity index (χ1n) is 4.23. The lowest BCUT2D eigenvalue weighted by Crippen LogP contribution is -1.98. The molecule has 0 spiro atoms. The summed E-state index contributed by atoms with van der Waals surface area (Å²) in [7, 11) is 0. The smallest absolute Gasteiger partial charge is 0.120 e. The molecule has 0 bridgehead atoms. The summed E-state index contributed by atoms with van der Waals surface area (Å²) in [5, 5.41) is 0. The van der Waals surface area contributed by atoms with Gasteiger partial charge in [-0.1, -0.05) is 22.0 Å². The summed E-state index contributed by atoms with van der Waals surface area (Å²) < 4.78 is 6.66. The fourth-order valence-electron chi connectivity index (χ4n) is 1.06. The molecule has 0 atom stereocenters. The summed E-state index contributed by atoms with van der Waals surface area (Å²) in [5.41, 5.74) is 0. The number of rotatable bonds is 3. The van der Waals surface area contributed by atoms with E-state index in [0.29, 0.717) is 0 Å². The van der Waals surface area contributed by atoms with Crippen molar-refractivity contribution in [1.82, 2.24) is 0 Å². The third-order valence-electron chi connectivity index (χ3n) is 1.98. The normalized spacial score (nSPS) is 16.1. The molecule has 2 rings (SSSR count). The Labute approximate surface area is 80.9 Å². The molecule has 2 heteroatoms. The Morgan fingerprint density at radius 3 is 2.92 bits per heavy atom. The van der Waals surface area contributed by atoms with E-state index < -0.39 is 0 Å². The van der Waals surface area contributed by atoms with Gasteiger partial charge in [-0.15, -0.1) is 0 Å². The first-order chi connectivity index (χ1) is 5.84. The SMILES string of the molecule is Brc1cccc(OCC2CC2)c1. The number of halogens is 1. The van der Waals surface area contributed by atoms with Crippen LogP contribution in [0, 0.1) is 5.92 Å². The van der Waals surface area contributed by atoms with Gasteiger partial charge in [0.1, 0.15) is 5.75 Å². The summed E-state index contributed by atoms with van der Waals surface area (Å²) >= 11 is 3.40. The van der Waals surface area contributed by atoms with Gasteiger partial charge in [-0.25, -0.2) is 0 Å². The summed E-state index contributed by atoms with van der Waals surface area (Å²) in [6, 6.07) is 7.99. The van der Waals surface area contributed by atoms with E-state index >= 15 is 0 Å². The van der Waals surface area contributed by atoms with Crippen molar-refractivity contribution in [1.29, 1.82) is 0 Å². The molecule has 0 aromatic heterocycles. The van der Waals surface area contributed by atoms with E-state index in [1.54, 1.807) is 0 Å². The van der Waals surface area contributed by atoms with E-state index in [2.05, 4.69) is 15.9 Å². The lowest BCUT2D eigenvalue weighted by Gasteiger charge is -2.04. The van der Waals surface area contributed by atoms with Crippen LogP contribution in [0.4, 0.5) is 0 Å². The Bertz CT molecular complexity index is 268. The van der Waals surface area contributed by atoms with Gasteiger partial charge in [0.15, 0.2) is 0 Å². The molecule has 0 heterocycles. The maximum absolute atomic E-state index is 5.58. The van der Waals surface area contributed by atoms with Crippen molar-refractivity contribution in [2.75, 3.05) is 6.61 Å². The third-order valence-corrected chi connectivity index (χ3v) is 2.47. The number of ether oxygens (including phenoxy) is 1. The third kappa shape index (κ3) is 2.24. The lowest BCUT2D eigenvalue weighted by molar-refractivity contribution is 0.299. The zero-order valence-corrected chi connectivity index (χ0v) is 8.38. The predicted molar refractivity (Wildman–Crippen MR) is 52.4 cm³/mol. The molecule has 1 aromatic rings. The summed E-state index contributed by atoms with van der Waals surface area (Å²) in [4.78, 5) is 0. The maximum atomic E-state index is 5.58. The van der Waals surface area contributed by atoms with Gasteiger partial charge in [0.25, 0.3) is 0 Å². The van der Waals surface area contributed by atoms with Gasteiger partial charge in [0.05, 0.1) is 6.61 Å². The van der Waals surface area contributed by atoms with E-state index in [9.17, 15) is 0 Å². The first kappa shape index (κ1) is 8.11. The zero-order chi connectivity index (χ0) is 8.39. The van der Waals surface area contributed by atoms with E-state index in [4.69, 9.17) is 4.74 Å². The minimum absolute atomic E-state index is 0.823. The van der Waals surface area contributed by atoms with Crippen LogP contribution in [0.2, 0.25) is 0 Å². The molecule has 0 aliphatic heterocycles. The highest BCUT2D eigenvalue weighted by Gasteiger charge is 2.21. The molecule has 64 valence electrons. The van der Waals surface area contributed by atoms with Crippen LogP contribution in [-0.4, -0.2) is 6.61 Å². The highest BCUT2D eigenvalue weighted by Crippen LogP contribution is 2.29. The van der Waals surface area contributed by atoms with Crippen molar-refractivity contribution in [3.8, 4) is 5.75 Å². The van der Waals surface area contributed by atoms with Gasteiger partial charge in [-0.2, -0.15) is 0 Å². The van der Waals surface area contributed by atoms with E-state index in [1.807, 2.05) is 24.3 Å². The molecule has 0 amide bonds. The van der Waals surface area contributed by atoms with Crippen LogP contribution in [0.25, 0.3) is 0 Å².